The van der Waals surface area contributed by atoms with Crippen molar-refractivity contribution in [2.75, 3.05) is 72.9 Å². The number of alkyl halides is 2. The number of nitrogens with one attached hydrogen (secondary N) is 3. The van der Waals surface area contributed by atoms with Crippen molar-refractivity contribution >= 4 is 74.0 Å². The Balaban J connectivity index is 0.774. The van der Waals surface area contributed by atoms with Crippen LogP contribution in [0.4, 0.5) is 42.0 Å². The second-order valence-corrected chi connectivity index (χ2v) is 17.8. The van der Waals surface area contributed by atoms with Gasteiger partial charge in [0.1, 0.15) is 10.8 Å². The van der Waals surface area contributed by atoms with Crippen LogP contribution in [0.3, 0.4) is 0 Å². The fourth-order valence-corrected chi connectivity index (χ4v) is 9.80. The highest BCUT2D eigenvalue weighted by Crippen LogP contribution is 2.46. The van der Waals surface area contributed by atoms with Crippen molar-refractivity contribution in [3.8, 4) is 5.75 Å². The second-order valence-electron chi connectivity index (χ2n) is 17.4. The van der Waals surface area contributed by atoms with Crippen LogP contribution in [-0.2, 0) is 23.7 Å². The zero-order chi connectivity index (χ0) is 43.0. The molecule has 0 spiro atoms. The third kappa shape index (κ3) is 7.43. The van der Waals surface area contributed by atoms with E-state index in [0.29, 0.717) is 43.2 Å². The minimum Gasteiger partial charge on any atom is -0.480 e. The Labute approximate surface area is 359 Å². The highest BCUT2D eigenvalue weighted by atomic mass is 35.5. The second kappa shape index (κ2) is 15.6. The van der Waals surface area contributed by atoms with Gasteiger partial charge in [-0.15, -0.1) is 0 Å². The molecule has 19 heteroatoms. The van der Waals surface area contributed by atoms with Gasteiger partial charge in [0.2, 0.25) is 23.5 Å². The fraction of sp³-hybridized carbons (Fsp3) is 0.488. The molecule has 2 amide bonds. The van der Waals surface area contributed by atoms with E-state index in [1.807, 2.05) is 17.8 Å². The number of hydrogen-bond acceptors (Lipinski definition) is 12. The zero-order valence-electron chi connectivity index (χ0n) is 34.4. The standard InChI is InChI=1S/C43H47ClF3N11O4/c1-54-36-29(35-37(41(54)61)62-22-43(46,47)38(51-35)24-3-4-24)17-25(18-31(36)45)49-39-30(44)20-48-42(52-39)58-11-9-23(10-12-58)21-56-13-15-57(16-14-56)26-5-6-27-32(19-26)55(2)53-34(27)28-7-8-33(59)50-40(28)60/h5-6,17-20,23-24,28,38,51H,3-4,7-16,21-22H2,1-2H3,(H,48,49,52)(H,50,59,60). The summed E-state index contributed by atoms with van der Waals surface area (Å²) in [5, 5.41) is 14.5. The number of hydrogen-bond donors (Lipinski definition) is 3. The summed E-state index contributed by atoms with van der Waals surface area (Å²) >= 11 is 6.57. The van der Waals surface area contributed by atoms with Gasteiger partial charge in [-0.1, -0.05) is 11.6 Å². The van der Waals surface area contributed by atoms with Crippen LogP contribution >= 0.6 is 11.6 Å². The lowest BCUT2D eigenvalue weighted by atomic mass is 9.93. The number of piperazine rings is 1. The summed E-state index contributed by atoms with van der Waals surface area (Å²) in [6.45, 7) is 5.19. The number of fused-ring (bicyclic) bond motifs is 4. The maximum absolute atomic E-state index is 15.9. The van der Waals surface area contributed by atoms with Gasteiger partial charge in [-0.2, -0.15) is 10.1 Å². The molecule has 5 aromatic rings. The Morgan fingerprint density at radius 1 is 0.952 bits per heavy atom. The van der Waals surface area contributed by atoms with Crippen LogP contribution in [0.5, 0.6) is 5.75 Å². The number of amides is 2. The topological polar surface area (TPSA) is 155 Å². The van der Waals surface area contributed by atoms with Gasteiger partial charge < -0.3 is 29.7 Å². The van der Waals surface area contributed by atoms with E-state index < -0.39 is 35.9 Å². The normalized spacial score (nSPS) is 22.3. The molecule has 326 valence electrons. The minimum atomic E-state index is -3.23. The summed E-state index contributed by atoms with van der Waals surface area (Å²) in [6.07, 6.45) is 5.45. The average Bonchev–Trinajstić information content (AvgIpc) is 4.06. The number of nitrogens with zero attached hydrogens (tertiary/aromatic N) is 8. The molecule has 2 unspecified atom stereocenters. The van der Waals surface area contributed by atoms with Gasteiger partial charge >= 0.3 is 5.92 Å². The number of benzene rings is 2. The molecule has 3 aromatic heterocycles. The smallest absolute Gasteiger partial charge is 0.301 e. The van der Waals surface area contributed by atoms with E-state index in [2.05, 4.69) is 47.8 Å². The Morgan fingerprint density at radius 2 is 1.73 bits per heavy atom. The van der Waals surface area contributed by atoms with Crippen molar-refractivity contribution in [2.24, 2.45) is 25.9 Å². The van der Waals surface area contributed by atoms with E-state index in [-0.39, 0.29) is 56.6 Å². The number of piperidine rings is 2. The molecule has 1 aliphatic carbocycles. The monoisotopic (exact) mass is 873 g/mol. The van der Waals surface area contributed by atoms with Gasteiger partial charge in [-0.25, -0.2) is 18.2 Å². The van der Waals surface area contributed by atoms with Crippen LogP contribution < -0.4 is 36.0 Å². The third-order valence-corrected chi connectivity index (χ3v) is 13.5. The van der Waals surface area contributed by atoms with Crippen molar-refractivity contribution in [2.45, 2.75) is 56.4 Å². The first-order valence-electron chi connectivity index (χ1n) is 21.3. The Bertz CT molecular complexity index is 2670. The van der Waals surface area contributed by atoms with Crippen molar-refractivity contribution < 1.29 is 27.5 Å². The number of aryl methyl sites for hydroxylation is 2. The molecular weight excluding hydrogens is 827 g/mol. The number of imide groups is 1. The van der Waals surface area contributed by atoms with Crippen LogP contribution in [-0.4, -0.2) is 105 Å². The first kappa shape index (κ1) is 40.5. The molecule has 5 aliphatic rings. The van der Waals surface area contributed by atoms with Crippen LogP contribution in [0.15, 0.2) is 41.3 Å². The summed E-state index contributed by atoms with van der Waals surface area (Å²) < 4.78 is 54.5. The van der Waals surface area contributed by atoms with Crippen molar-refractivity contribution in [1.82, 2.24) is 34.5 Å². The van der Waals surface area contributed by atoms with Crippen LogP contribution in [0.1, 0.15) is 50.1 Å². The molecule has 1 saturated carbocycles. The molecule has 7 heterocycles. The highest BCUT2D eigenvalue weighted by Gasteiger charge is 2.51. The Hall–Kier alpha value is -5.62. The molecule has 0 radical (unpaired) electrons. The number of halogens is 4. The van der Waals surface area contributed by atoms with Gasteiger partial charge in [0, 0.05) is 88.5 Å². The first-order valence-corrected chi connectivity index (χ1v) is 21.6. The molecule has 10 rings (SSSR count). The van der Waals surface area contributed by atoms with Crippen LogP contribution in [0.25, 0.3) is 21.8 Å². The maximum Gasteiger partial charge on any atom is 0.301 e. The predicted molar refractivity (Wildman–Crippen MR) is 229 cm³/mol. The lowest BCUT2D eigenvalue weighted by Gasteiger charge is -2.39. The Morgan fingerprint density at radius 3 is 2.47 bits per heavy atom. The fourth-order valence-electron chi connectivity index (χ4n) is 9.66. The minimum absolute atomic E-state index is 0.0412. The van der Waals surface area contributed by atoms with Crippen LogP contribution in [0.2, 0.25) is 5.02 Å². The number of carbonyl (C=O) groups is 2. The van der Waals surface area contributed by atoms with E-state index in [1.54, 1.807) is 6.07 Å². The highest BCUT2D eigenvalue weighted by molar-refractivity contribution is 6.33. The number of carbonyl (C=O) groups excluding carboxylic acids is 2. The van der Waals surface area contributed by atoms with Gasteiger partial charge in [0.05, 0.1) is 40.6 Å². The quantitative estimate of drug-likeness (QED) is 0.168. The molecular formula is C43H47ClF3N11O4. The van der Waals surface area contributed by atoms with Gasteiger partial charge in [0.15, 0.2) is 12.4 Å². The molecule has 0 bridgehead atoms. The largest absolute Gasteiger partial charge is 0.480 e. The molecule has 3 N–H and O–H groups in total. The van der Waals surface area contributed by atoms with E-state index in [1.165, 1.54) is 19.3 Å². The van der Waals surface area contributed by atoms with E-state index in [9.17, 15) is 14.4 Å². The van der Waals surface area contributed by atoms with Gasteiger partial charge in [0.25, 0.3) is 5.56 Å². The summed E-state index contributed by atoms with van der Waals surface area (Å²) in [4.78, 5) is 53.8. The lowest BCUT2D eigenvalue weighted by molar-refractivity contribution is -0.134. The van der Waals surface area contributed by atoms with E-state index in [4.69, 9.17) is 26.4 Å². The number of pyridine rings is 1. The maximum atomic E-state index is 15.9. The first-order chi connectivity index (χ1) is 29.8. The molecule has 4 fully saturated rings. The molecule has 15 nitrogen and oxygen atoms in total. The Kier molecular flexibility index (Phi) is 10.2. The summed E-state index contributed by atoms with van der Waals surface area (Å²) in [5.74, 6) is -4.21. The number of aromatic nitrogens is 5. The molecule has 2 aromatic carbocycles. The number of anilines is 5. The number of rotatable bonds is 8. The molecule has 3 saturated heterocycles. The molecule has 62 heavy (non-hydrogen) atoms. The molecule has 4 aliphatic heterocycles. The lowest BCUT2D eigenvalue weighted by Crippen LogP contribution is -2.49. The van der Waals surface area contributed by atoms with E-state index in [0.717, 1.165) is 79.8 Å². The summed E-state index contributed by atoms with van der Waals surface area (Å²) in [5.41, 5.74) is 2.35. The van der Waals surface area contributed by atoms with Gasteiger partial charge in [-0.05, 0) is 74.3 Å². The predicted octanol–water partition coefficient (Wildman–Crippen LogP) is 5.53. The van der Waals surface area contributed by atoms with Crippen molar-refractivity contribution in [3.05, 3.63) is 63.4 Å². The summed E-state index contributed by atoms with van der Waals surface area (Å²) in [7, 11) is 3.28. The molecule has 2 atom stereocenters. The van der Waals surface area contributed by atoms with Crippen molar-refractivity contribution in [1.29, 1.82) is 0 Å². The number of ether oxygens (including phenoxy) is 1. The SMILES string of the molecule is Cn1nc(C2CCC(=O)NC2=O)c2ccc(N3CCN(CC4CCN(c5ncc(Cl)c(Nc6cc(F)c7c(c6)c6c(c(=O)n7C)OCC(F)(F)C(C7CC7)N6)n5)CC4)CC3)cc21. The zero-order valence-corrected chi connectivity index (χ0v) is 35.2. The van der Waals surface area contributed by atoms with Gasteiger partial charge in [-0.3, -0.25) is 29.3 Å². The summed E-state index contributed by atoms with van der Waals surface area (Å²) in [6, 6.07) is 7.85. The van der Waals surface area contributed by atoms with E-state index >= 15 is 13.2 Å². The van der Waals surface area contributed by atoms with Crippen LogP contribution in [0, 0.1) is 17.7 Å². The third-order valence-electron chi connectivity index (χ3n) is 13.2. The van der Waals surface area contributed by atoms with Crippen molar-refractivity contribution in [3.63, 3.8) is 0 Å². The average molecular weight is 874 g/mol.